The lowest BCUT2D eigenvalue weighted by Crippen LogP contribution is -2.24. The molecule has 0 aliphatic carbocycles. The van der Waals surface area contributed by atoms with Gasteiger partial charge in [0.15, 0.2) is 0 Å². The highest BCUT2D eigenvalue weighted by Crippen LogP contribution is 2.28. The van der Waals surface area contributed by atoms with Crippen LogP contribution in [0.3, 0.4) is 0 Å². The summed E-state index contributed by atoms with van der Waals surface area (Å²) in [6.45, 7) is 1.86. The summed E-state index contributed by atoms with van der Waals surface area (Å²) in [5.41, 5.74) is 0.695. The van der Waals surface area contributed by atoms with Gasteiger partial charge in [0.25, 0.3) is 5.91 Å². The molecule has 0 atom stereocenters. The van der Waals surface area contributed by atoms with E-state index in [9.17, 15) is 18.0 Å². The first-order valence-electron chi connectivity index (χ1n) is 6.09. The van der Waals surface area contributed by atoms with Gasteiger partial charge < -0.3 is 5.32 Å². The number of hydrogen-bond acceptors (Lipinski definition) is 3. The molecule has 7 heteroatoms. The third-order valence-electron chi connectivity index (χ3n) is 2.75. The third-order valence-corrected chi connectivity index (χ3v) is 2.75. The van der Waals surface area contributed by atoms with Crippen molar-refractivity contribution in [2.45, 2.75) is 19.6 Å². The van der Waals surface area contributed by atoms with Crippen LogP contribution in [0.2, 0.25) is 0 Å². The van der Waals surface area contributed by atoms with E-state index in [-0.39, 0.29) is 12.2 Å². The molecule has 0 saturated heterocycles. The molecule has 1 aromatic carbocycles. The predicted octanol–water partition coefficient (Wildman–Crippen LogP) is 2.73. The maximum Gasteiger partial charge on any atom is 0.416 e. The Morgan fingerprint density at radius 1 is 1.14 bits per heavy atom. The quantitative estimate of drug-likeness (QED) is 0.947. The second-order valence-electron chi connectivity index (χ2n) is 4.42. The fraction of sp³-hybridized carbons (Fsp3) is 0.214. The molecule has 1 N–H and O–H groups in total. The van der Waals surface area contributed by atoms with E-state index in [0.29, 0.717) is 11.3 Å². The Kier molecular flexibility index (Phi) is 4.21. The Balaban J connectivity index is 1.97. The van der Waals surface area contributed by atoms with Crippen LogP contribution in [0.1, 0.15) is 27.3 Å². The predicted molar refractivity (Wildman–Crippen MR) is 69.4 cm³/mol. The number of aryl methyl sites for hydroxylation is 1. The minimum Gasteiger partial charge on any atom is -0.347 e. The Morgan fingerprint density at radius 2 is 1.81 bits per heavy atom. The molecular formula is C14H12F3N3O. The molecule has 0 fully saturated rings. The van der Waals surface area contributed by atoms with Gasteiger partial charge in [-0.25, -0.2) is 4.98 Å². The van der Waals surface area contributed by atoms with Crippen molar-refractivity contribution in [1.29, 1.82) is 0 Å². The molecule has 1 heterocycles. The van der Waals surface area contributed by atoms with Crippen LogP contribution in [0.5, 0.6) is 0 Å². The monoisotopic (exact) mass is 295 g/mol. The molecule has 2 rings (SSSR count). The van der Waals surface area contributed by atoms with Crippen LogP contribution in [0.15, 0.2) is 36.7 Å². The first-order chi connectivity index (χ1) is 9.86. The summed E-state index contributed by atoms with van der Waals surface area (Å²) in [6, 6.07) is 4.61. The number of aromatic nitrogens is 2. The summed E-state index contributed by atoms with van der Waals surface area (Å²) < 4.78 is 37.2. The second-order valence-corrected chi connectivity index (χ2v) is 4.42. The van der Waals surface area contributed by atoms with Gasteiger partial charge in [-0.1, -0.05) is 12.1 Å². The lowest BCUT2D eigenvalue weighted by Gasteiger charge is -2.08. The van der Waals surface area contributed by atoms with E-state index in [1.807, 2.05) is 0 Å². The zero-order valence-corrected chi connectivity index (χ0v) is 11.1. The summed E-state index contributed by atoms with van der Waals surface area (Å²) in [7, 11) is 0. The first kappa shape index (κ1) is 15.0. The lowest BCUT2D eigenvalue weighted by atomic mass is 10.1. The summed E-state index contributed by atoms with van der Waals surface area (Å²) >= 11 is 0. The standard InChI is InChI=1S/C14H12F3N3O/c1-9-6-19-12(8-18-9)13(21)20-7-10-2-4-11(5-3-10)14(15,16)17/h2-6,8H,7H2,1H3,(H,20,21). The van der Waals surface area contributed by atoms with Gasteiger partial charge in [-0.3, -0.25) is 9.78 Å². The summed E-state index contributed by atoms with van der Waals surface area (Å²) in [5.74, 6) is -0.428. The van der Waals surface area contributed by atoms with Gasteiger partial charge in [-0.05, 0) is 24.6 Å². The molecule has 0 aliphatic rings. The average molecular weight is 295 g/mol. The molecular weight excluding hydrogens is 283 g/mol. The highest BCUT2D eigenvalue weighted by atomic mass is 19.4. The maximum absolute atomic E-state index is 12.4. The topological polar surface area (TPSA) is 54.9 Å². The molecule has 0 radical (unpaired) electrons. The molecule has 2 aromatic rings. The van der Waals surface area contributed by atoms with Gasteiger partial charge in [0.2, 0.25) is 0 Å². The number of rotatable bonds is 3. The van der Waals surface area contributed by atoms with Crippen LogP contribution in [-0.2, 0) is 12.7 Å². The van der Waals surface area contributed by atoms with Crippen LogP contribution in [0.25, 0.3) is 0 Å². The van der Waals surface area contributed by atoms with Gasteiger partial charge in [0, 0.05) is 12.7 Å². The van der Waals surface area contributed by atoms with Crippen LogP contribution >= 0.6 is 0 Å². The number of nitrogens with zero attached hydrogens (tertiary/aromatic N) is 2. The van der Waals surface area contributed by atoms with E-state index in [4.69, 9.17) is 0 Å². The van der Waals surface area contributed by atoms with Crippen LogP contribution in [0, 0.1) is 6.92 Å². The van der Waals surface area contributed by atoms with E-state index in [1.54, 1.807) is 6.92 Å². The molecule has 21 heavy (non-hydrogen) atoms. The summed E-state index contributed by atoms with van der Waals surface area (Å²) in [5, 5.41) is 2.57. The Morgan fingerprint density at radius 3 is 2.33 bits per heavy atom. The van der Waals surface area contributed by atoms with Crippen molar-refractivity contribution in [3.05, 3.63) is 59.2 Å². The maximum atomic E-state index is 12.4. The fourth-order valence-corrected chi connectivity index (χ4v) is 1.59. The van der Waals surface area contributed by atoms with E-state index < -0.39 is 17.6 Å². The fourth-order valence-electron chi connectivity index (χ4n) is 1.59. The van der Waals surface area contributed by atoms with Crippen molar-refractivity contribution >= 4 is 5.91 Å². The molecule has 1 amide bonds. The third kappa shape index (κ3) is 4.01. The molecule has 110 valence electrons. The number of carbonyl (C=O) groups is 1. The molecule has 0 aliphatic heterocycles. The van der Waals surface area contributed by atoms with Crippen molar-refractivity contribution in [3.63, 3.8) is 0 Å². The molecule has 0 saturated carbocycles. The normalized spacial score (nSPS) is 11.2. The number of carbonyl (C=O) groups excluding carboxylic acids is 1. The zero-order chi connectivity index (χ0) is 15.5. The van der Waals surface area contributed by atoms with Crippen molar-refractivity contribution in [2.24, 2.45) is 0 Å². The number of alkyl halides is 3. The highest BCUT2D eigenvalue weighted by molar-refractivity contribution is 5.91. The molecule has 1 aromatic heterocycles. The van der Waals surface area contributed by atoms with Crippen molar-refractivity contribution in [3.8, 4) is 0 Å². The van der Waals surface area contributed by atoms with E-state index in [2.05, 4.69) is 15.3 Å². The van der Waals surface area contributed by atoms with E-state index in [0.717, 1.165) is 12.1 Å². The minimum absolute atomic E-state index is 0.118. The van der Waals surface area contributed by atoms with Crippen LogP contribution < -0.4 is 5.32 Å². The van der Waals surface area contributed by atoms with Gasteiger partial charge in [-0.15, -0.1) is 0 Å². The number of halogens is 3. The molecule has 0 spiro atoms. The van der Waals surface area contributed by atoms with Crippen molar-refractivity contribution in [1.82, 2.24) is 15.3 Å². The average Bonchev–Trinajstić information content (AvgIpc) is 2.45. The number of amides is 1. The van der Waals surface area contributed by atoms with E-state index >= 15 is 0 Å². The van der Waals surface area contributed by atoms with Gasteiger partial charge >= 0.3 is 6.18 Å². The van der Waals surface area contributed by atoms with Gasteiger partial charge in [0.05, 0.1) is 17.5 Å². The van der Waals surface area contributed by atoms with Gasteiger partial charge in [0.1, 0.15) is 5.69 Å². The Hall–Kier alpha value is -2.44. The van der Waals surface area contributed by atoms with Crippen LogP contribution in [-0.4, -0.2) is 15.9 Å². The van der Waals surface area contributed by atoms with Crippen LogP contribution in [0.4, 0.5) is 13.2 Å². The number of hydrogen-bond donors (Lipinski definition) is 1. The summed E-state index contributed by atoms with van der Waals surface area (Å²) in [6.07, 6.45) is -1.55. The Bertz CT molecular complexity index is 621. The highest BCUT2D eigenvalue weighted by Gasteiger charge is 2.29. The van der Waals surface area contributed by atoms with Crippen molar-refractivity contribution in [2.75, 3.05) is 0 Å². The van der Waals surface area contributed by atoms with E-state index in [1.165, 1.54) is 24.5 Å². The molecule has 4 nitrogen and oxygen atoms in total. The second kappa shape index (κ2) is 5.90. The number of nitrogens with one attached hydrogen (secondary N) is 1. The van der Waals surface area contributed by atoms with Crippen molar-refractivity contribution < 1.29 is 18.0 Å². The minimum atomic E-state index is -4.36. The number of benzene rings is 1. The first-order valence-corrected chi connectivity index (χ1v) is 6.09. The zero-order valence-electron chi connectivity index (χ0n) is 11.1. The Labute approximate surface area is 119 Å². The molecule has 0 unspecified atom stereocenters. The lowest BCUT2D eigenvalue weighted by molar-refractivity contribution is -0.137. The van der Waals surface area contributed by atoms with Gasteiger partial charge in [-0.2, -0.15) is 13.2 Å². The smallest absolute Gasteiger partial charge is 0.347 e. The SMILES string of the molecule is Cc1cnc(C(=O)NCc2ccc(C(F)(F)F)cc2)cn1. The largest absolute Gasteiger partial charge is 0.416 e. The molecule has 0 bridgehead atoms. The summed E-state index contributed by atoms with van der Waals surface area (Å²) in [4.78, 5) is 19.6.